The van der Waals surface area contributed by atoms with Crippen molar-refractivity contribution in [2.75, 3.05) is 24.8 Å². The molecule has 0 bridgehead atoms. The molecule has 0 amide bonds. The van der Waals surface area contributed by atoms with Crippen LogP contribution in [0.2, 0.25) is 0 Å². The standard InChI is InChI=1S/C12H20N4O2/c1-16(8-5-3-4-6-9(8)17)10-7-11(18-2)15-12(13)14-10/h7-9,17H,3-6H2,1-2H3,(H2,13,14,15). The zero-order valence-corrected chi connectivity index (χ0v) is 10.8. The van der Waals surface area contributed by atoms with Gasteiger partial charge in [0.1, 0.15) is 5.82 Å². The van der Waals surface area contributed by atoms with E-state index in [4.69, 9.17) is 10.5 Å². The van der Waals surface area contributed by atoms with Crippen LogP contribution in [0.4, 0.5) is 11.8 Å². The lowest BCUT2D eigenvalue weighted by Gasteiger charge is -2.35. The largest absolute Gasteiger partial charge is 0.481 e. The van der Waals surface area contributed by atoms with Crippen molar-refractivity contribution in [2.24, 2.45) is 0 Å². The highest BCUT2D eigenvalue weighted by Crippen LogP contribution is 2.27. The average Bonchev–Trinajstić information content (AvgIpc) is 2.37. The maximum absolute atomic E-state index is 10.0. The zero-order valence-electron chi connectivity index (χ0n) is 10.8. The molecular formula is C12H20N4O2. The number of nitrogen functional groups attached to an aromatic ring is 1. The van der Waals surface area contributed by atoms with Crippen LogP contribution < -0.4 is 15.4 Å². The van der Waals surface area contributed by atoms with Crippen molar-refractivity contribution in [3.8, 4) is 5.88 Å². The number of methoxy groups -OCH3 is 1. The van der Waals surface area contributed by atoms with Crippen LogP contribution in [0.25, 0.3) is 0 Å². The van der Waals surface area contributed by atoms with Crippen LogP contribution in [0.5, 0.6) is 5.88 Å². The molecule has 2 unspecified atom stereocenters. The summed E-state index contributed by atoms with van der Waals surface area (Å²) in [7, 11) is 3.46. The maximum Gasteiger partial charge on any atom is 0.225 e. The van der Waals surface area contributed by atoms with E-state index in [1.807, 2.05) is 11.9 Å². The van der Waals surface area contributed by atoms with Crippen molar-refractivity contribution >= 4 is 11.8 Å². The van der Waals surface area contributed by atoms with Gasteiger partial charge in [0.05, 0.1) is 19.3 Å². The second-order valence-electron chi connectivity index (χ2n) is 4.66. The van der Waals surface area contributed by atoms with Gasteiger partial charge in [0.15, 0.2) is 0 Å². The SMILES string of the molecule is COc1cc(N(C)C2CCCCC2O)nc(N)n1. The maximum atomic E-state index is 10.0. The molecule has 0 saturated heterocycles. The summed E-state index contributed by atoms with van der Waals surface area (Å²) in [6.45, 7) is 0. The number of hydrogen-bond donors (Lipinski definition) is 2. The molecule has 1 saturated carbocycles. The Morgan fingerprint density at radius 3 is 2.78 bits per heavy atom. The Balaban J connectivity index is 2.21. The number of aromatic nitrogens is 2. The van der Waals surface area contributed by atoms with E-state index in [0.717, 1.165) is 25.7 Å². The number of nitrogens with zero attached hydrogens (tertiary/aromatic N) is 3. The summed E-state index contributed by atoms with van der Waals surface area (Å²) in [6.07, 6.45) is 3.70. The van der Waals surface area contributed by atoms with E-state index in [1.54, 1.807) is 13.2 Å². The van der Waals surface area contributed by atoms with Gasteiger partial charge in [0, 0.05) is 13.1 Å². The molecule has 1 heterocycles. The van der Waals surface area contributed by atoms with Crippen LogP contribution in [0.1, 0.15) is 25.7 Å². The van der Waals surface area contributed by atoms with Crippen LogP contribution in [-0.4, -0.2) is 41.4 Å². The topological polar surface area (TPSA) is 84.5 Å². The molecule has 1 aromatic heterocycles. The molecule has 6 nitrogen and oxygen atoms in total. The van der Waals surface area contributed by atoms with E-state index in [2.05, 4.69) is 9.97 Å². The third-order valence-electron chi connectivity index (χ3n) is 3.47. The van der Waals surface area contributed by atoms with Gasteiger partial charge >= 0.3 is 0 Å². The molecule has 100 valence electrons. The number of hydrogen-bond acceptors (Lipinski definition) is 6. The summed E-state index contributed by atoms with van der Waals surface area (Å²) in [4.78, 5) is 10.1. The van der Waals surface area contributed by atoms with Gasteiger partial charge in [-0.1, -0.05) is 12.8 Å². The molecule has 1 fully saturated rings. The first-order valence-corrected chi connectivity index (χ1v) is 6.21. The first-order chi connectivity index (χ1) is 8.61. The van der Waals surface area contributed by atoms with Gasteiger partial charge < -0.3 is 20.5 Å². The fraction of sp³-hybridized carbons (Fsp3) is 0.667. The number of nitrogens with two attached hydrogens (primary N) is 1. The van der Waals surface area contributed by atoms with Crippen LogP contribution in [0.3, 0.4) is 0 Å². The predicted molar refractivity (Wildman–Crippen MR) is 69.7 cm³/mol. The molecule has 0 radical (unpaired) electrons. The lowest BCUT2D eigenvalue weighted by atomic mass is 9.91. The summed E-state index contributed by atoms with van der Waals surface area (Å²) in [5, 5.41) is 10.0. The molecule has 1 aliphatic rings. The Hall–Kier alpha value is -1.56. The highest BCUT2D eigenvalue weighted by atomic mass is 16.5. The van der Waals surface area contributed by atoms with Gasteiger partial charge in [-0.25, -0.2) is 0 Å². The van der Waals surface area contributed by atoms with Crippen molar-refractivity contribution in [1.82, 2.24) is 9.97 Å². The van der Waals surface area contributed by atoms with Crippen LogP contribution in [0, 0.1) is 0 Å². The van der Waals surface area contributed by atoms with E-state index >= 15 is 0 Å². The monoisotopic (exact) mass is 252 g/mol. The van der Waals surface area contributed by atoms with Crippen molar-refractivity contribution in [3.05, 3.63) is 6.07 Å². The predicted octanol–water partition coefficient (Wildman–Crippen LogP) is 0.807. The van der Waals surface area contributed by atoms with E-state index < -0.39 is 0 Å². The Morgan fingerprint density at radius 1 is 1.39 bits per heavy atom. The van der Waals surface area contributed by atoms with Crippen molar-refractivity contribution in [1.29, 1.82) is 0 Å². The summed E-state index contributed by atoms with van der Waals surface area (Å²) < 4.78 is 5.08. The van der Waals surface area contributed by atoms with Crippen molar-refractivity contribution in [3.63, 3.8) is 0 Å². The second-order valence-corrected chi connectivity index (χ2v) is 4.66. The minimum Gasteiger partial charge on any atom is -0.481 e. The van der Waals surface area contributed by atoms with Gasteiger partial charge in [-0.15, -0.1) is 0 Å². The summed E-state index contributed by atoms with van der Waals surface area (Å²) in [6, 6.07) is 1.82. The molecule has 6 heteroatoms. The highest BCUT2D eigenvalue weighted by Gasteiger charge is 2.27. The zero-order chi connectivity index (χ0) is 13.1. The lowest BCUT2D eigenvalue weighted by Crippen LogP contribution is -2.43. The average molecular weight is 252 g/mol. The van der Waals surface area contributed by atoms with Gasteiger partial charge in [0.25, 0.3) is 0 Å². The second kappa shape index (κ2) is 5.39. The van der Waals surface area contributed by atoms with Crippen LogP contribution >= 0.6 is 0 Å². The van der Waals surface area contributed by atoms with Crippen LogP contribution in [0.15, 0.2) is 6.07 Å². The van der Waals surface area contributed by atoms with Crippen molar-refractivity contribution in [2.45, 2.75) is 37.8 Å². The molecule has 0 aliphatic heterocycles. The molecule has 3 N–H and O–H groups in total. The summed E-state index contributed by atoms with van der Waals surface area (Å²) >= 11 is 0. The number of aliphatic hydroxyl groups is 1. The Bertz CT molecular complexity index is 413. The van der Waals surface area contributed by atoms with Crippen molar-refractivity contribution < 1.29 is 9.84 Å². The first kappa shape index (κ1) is 12.9. The van der Waals surface area contributed by atoms with E-state index in [0.29, 0.717) is 11.7 Å². The minimum absolute atomic E-state index is 0.0813. The first-order valence-electron chi connectivity index (χ1n) is 6.21. The molecule has 1 aromatic rings. The Labute approximate surface area is 107 Å². The Kier molecular flexibility index (Phi) is 3.86. The quantitative estimate of drug-likeness (QED) is 0.828. The molecule has 18 heavy (non-hydrogen) atoms. The Morgan fingerprint density at radius 2 is 2.11 bits per heavy atom. The van der Waals surface area contributed by atoms with Gasteiger partial charge in [-0.3, -0.25) is 0 Å². The van der Waals surface area contributed by atoms with E-state index in [1.165, 1.54) is 0 Å². The number of ether oxygens (including phenoxy) is 1. The van der Waals surface area contributed by atoms with Gasteiger partial charge in [0.2, 0.25) is 11.8 Å². The van der Waals surface area contributed by atoms with E-state index in [9.17, 15) is 5.11 Å². The number of likely N-dealkylation sites (N-methyl/N-ethyl adjacent to an activating group) is 1. The van der Waals surface area contributed by atoms with E-state index in [-0.39, 0.29) is 18.1 Å². The normalized spacial score (nSPS) is 23.7. The third kappa shape index (κ3) is 2.64. The van der Waals surface area contributed by atoms with Crippen LogP contribution in [-0.2, 0) is 0 Å². The van der Waals surface area contributed by atoms with Gasteiger partial charge in [-0.2, -0.15) is 9.97 Å². The minimum atomic E-state index is -0.314. The molecule has 0 spiro atoms. The van der Waals surface area contributed by atoms with Gasteiger partial charge in [-0.05, 0) is 12.8 Å². The highest BCUT2D eigenvalue weighted by molar-refractivity contribution is 5.46. The molecule has 2 atom stereocenters. The summed E-state index contributed by atoms with van der Waals surface area (Å²) in [5.74, 6) is 1.31. The lowest BCUT2D eigenvalue weighted by molar-refractivity contribution is 0.106. The third-order valence-corrected chi connectivity index (χ3v) is 3.47. The number of aliphatic hydroxyl groups excluding tert-OH is 1. The summed E-state index contributed by atoms with van der Waals surface area (Å²) in [5.41, 5.74) is 5.65. The number of rotatable bonds is 3. The fourth-order valence-electron chi connectivity index (χ4n) is 2.43. The molecule has 2 rings (SSSR count). The number of anilines is 2. The molecule has 0 aromatic carbocycles. The molecule has 1 aliphatic carbocycles. The molecular weight excluding hydrogens is 232 g/mol. The fourth-order valence-corrected chi connectivity index (χ4v) is 2.43. The smallest absolute Gasteiger partial charge is 0.225 e.